The Bertz CT molecular complexity index is 1710. The number of hydrogen-bond donors (Lipinski definition) is 1. The van der Waals surface area contributed by atoms with E-state index in [1.807, 2.05) is 61.5 Å². The van der Waals surface area contributed by atoms with Crippen LogP contribution in [0.1, 0.15) is 16.7 Å². The van der Waals surface area contributed by atoms with Gasteiger partial charge in [-0.1, -0.05) is 66.2 Å². The predicted octanol–water partition coefficient (Wildman–Crippen LogP) is 5.37. The highest BCUT2D eigenvalue weighted by molar-refractivity contribution is 7.96. The van der Waals surface area contributed by atoms with Gasteiger partial charge in [-0.3, -0.25) is 9.78 Å². The van der Waals surface area contributed by atoms with Crippen molar-refractivity contribution in [3.8, 4) is 16.9 Å². The van der Waals surface area contributed by atoms with Crippen molar-refractivity contribution in [1.82, 2.24) is 20.1 Å². The molecular weight excluding hydrogens is 508 g/mol. The molecule has 0 spiro atoms. The molecule has 1 N–H and O–H groups in total. The molecule has 0 aliphatic heterocycles. The summed E-state index contributed by atoms with van der Waals surface area (Å²) in [4.78, 5) is 17.2. The number of nitrogens with one attached hydrogen (secondary N) is 1. The summed E-state index contributed by atoms with van der Waals surface area (Å²) in [5.74, 6) is -0.710. The summed E-state index contributed by atoms with van der Waals surface area (Å²) >= 11 is 0. The van der Waals surface area contributed by atoms with Crippen LogP contribution in [0.2, 0.25) is 0 Å². The van der Waals surface area contributed by atoms with Gasteiger partial charge in [0.1, 0.15) is 4.91 Å². The maximum absolute atomic E-state index is 13.8. The third-order valence-corrected chi connectivity index (χ3v) is 7.92. The fraction of sp³-hybridized carbons (Fsp3) is 0.0645. The first-order chi connectivity index (χ1) is 18.9. The van der Waals surface area contributed by atoms with Crippen molar-refractivity contribution in [2.45, 2.75) is 18.4 Å². The molecule has 194 valence electrons. The van der Waals surface area contributed by atoms with E-state index in [1.165, 1.54) is 18.2 Å². The van der Waals surface area contributed by atoms with Gasteiger partial charge in [0.2, 0.25) is 9.84 Å². The van der Waals surface area contributed by atoms with Crippen LogP contribution in [0.15, 0.2) is 125 Å². The van der Waals surface area contributed by atoms with Crippen molar-refractivity contribution in [2.75, 3.05) is 0 Å². The third kappa shape index (κ3) is 5.86. The molecule has 5 rings (SSSR count). The first-order valence-corrected chi connectivity index (χ1v) is 13.8. The fourth-order valence-corrected chi connectivity index (χ4v) is 5.41. The highest BCUT2D eigenvalue weighted by Gasteiger charge is 2.28. The first kappa shape index (κ1) is 25.8. The molecular formula is C31H26N4O3S. The summed E-state index contributed by atoms with van der Waals surface area (Å²) < 4.78 is 29.3. The highest BCUT2D eigenvalue weighted by atomic mass is 32.2. The molecule has 3 aromatic carbocycles. The fourth-order valence-electron chi connectivity index (χ4n) is 4.04. The summed E-state index contributed by atoms with van der Waals surface area (Å²) in [6.45, 7) is 2.14. The lowest BCUT2D eigenvalue weighted by atomic mass is 10.1. The minimum Gasteiger partial charge on any atom is -0.347 e. The van der Waals surface area contributed by atoms with Crippen LogP contribution in [-0.4, -0.2) is 29.1 Å². The highest BCUT2D eigenvalue weighted by Crippen LogP contribution is 2.29. The topological polar surface area (TPSA) is 93.9 Å². The van der Waals surface area contributed by atoms with Crippen LogP contribution in [0.3, 0.4) is 0 Å². The Kier molecular flexibility index (Phi) is 7.47. The van der Waals surface area contributed by atoms with Crippen molar-refractivity contribution in [3.63, 3.8) is 0 Å². The number of carbonyl (C=O) groups excluding carboxylic acids is 1. The summed E-state index contributed by atoms with van der Waals surface area (Å²) in [6, 6.07) is 28.8. The van der Waals surface area contributed by atoms with E-state index < -0.39 is 15.7 Å². The minimum atomic E-state index is -4.16. The summed E-state index contributed by atoms with van der Waals surface area (Å²) in [5.41, 5.74) is 4.54. The molecule has 5 aromatic rings. The Hall–Kier alpha value is -4.82. The lowest BCUT2D eigenvalue weighted by Crippen LogP contribution is -2.28. The molecule has 0 radical (unpaired) electrons. The SMILES string of the molecule is Cc1ccc(-c2nn(-c3ccccc3)cc2/C=C(\C(=O)NCc2ccncc2)S(=O)(=O)c2ccccc2)cc1. The molecule has 0 fully saturated rings. The van der Waals surface area contributed by atoms with Gasteiger partial charge in [-0.15, -0.1) is 0 Å². The van der Waals surface area contributed by atoms with Crippen molar-refractivity contribution in [3.05, 3.63) is 137 Å². The number of pyridine rings is 1. The van der Waals surface area contributed by atoms with Crippen molar-refractivity contribution >= 4 is 21.8 Å². The molecule has 0 aliphatic rings. The van der Waals surface area contributed by atoms with Crippen molar-refractivity contribution < 1.29 is 13.2 Å². The molecule has 8 heteroatoms. The zero-order chi connectivity index (χ0) is 27.2. The standard InChI is InChI=1S/C31H26N4O3S/c1-23-12-14-25(15-13-23)30-26(22-35(34-30)27-8-4-2-5-9-27)20-29(39(37,38)28-10-6-3-7-11-28)31(36)33-21-24-16-18-32-19-17-24/h2-20,22H,21H2,1H3,(H,33,36)/b29-20+. The van der Waals surface area contributed by atoms with E-state index in [2.05, 4.69) is 10.3 Å². The largest absolute Gasteiger partial charge is 0.347 e. The van der Waals surface area contributed by atoms with Crippen LogP contribution in [0.4, 0.5) is 0 Å². The average molecular weight is 535 g/mol. The van der Waals surface area contributed by atoms with E-state index in [9.17, 15) is 13.2 Å². The Morgan fingerprint density at radius 3 is 2.18 bits per heavy atom. The van der Waals surface area contributed by atoms with Crippen LogP contribution in [0.5, 0.6) is 0 Å². The quantitative estimate of drug-likeness (QED) is 0.270. The maximum atomic E-state index is 13.8. The average Bonchev–Trinajstić information content (AvgIpc) is 3.40. The normalized spacial score (nSPS) is 11.8. The van der Waals surface area contributed by atoms with Crippen LogP contribution >= 0.6 is 0 Å². The number of amides is 1. The zero-order valence-electron chi connectivity index (χ0n) is 21.2. The number of rotatable bonds is 8. The summed E-state index contributed by atoms with van der Waals surface area (Å²) in [5, 5.41) is 7.54. The molecule has 39 heavy (non-hydrogen) atoms. The predicted molar refractivity (Wildman–Crippen MR) is 151 cm³/mol. The number of nitrogens with zero attached hydrogens (tertiary/aromatic N) is 3. The van der Waals surface area contributed by atoms with Crippen LogP contribution in [-0.2, 0) is 21.2 Å². The Balaban J connectivity index is 1.64. The van der Waals surface area contributed by atoms with Gasteiger partial charge >= 0.3 is 0 Å². The third-order valence-electron chi connectivity index (χ3n) is 6.14. The number of benzene rings is 3. The number of hydrogen-bond acceptors (Lipinski definition) is 5. The van der Waals surface area contributed by atoms with E-state index in [4.69, 9.17) is 5.10 Å². The lowest BCUT2D eigenvalue weighted by molar-refractivity contribution is -0.116. The lowest BCUT2D eigenvalue weighted by Gasteiger charge is -2.11. The number of para-hydroxylation sites is 1. The van der Waals surface area contributed by atoms with E-state index in [1.54, 1.807) is 53.6 Å². The van der Waals surface area contributed by atoms with Gasteiger partial charge in [-0.05, 0) is 55.0 Å². The second-order valence-corrected chi connectivity index (χ2v) is 10.9. The Morgan fingerprint density at radius 2 is 1.51 bits per heavy atom. The van der Waals surface area contributed by atoms with Gasteiger partial charge in [-0.25, -0.2) is 13.1 Å². The molecule has 2 aromatic heterocycles. The number of sulfone groups is 1. The Labute approximate surface area is 227 Å². The number of aromatic nitrogens is 3. The minimum absolute atomic E-state index is 0.0302. The molecule has 0 saturated carbocycles. The van der Waals surface area contributed by atoms with Gasteiger partial charge in [0.25, 0.3) is 5.91 Å². The van der Waals surface area contributed by atoms with Gasteiger partial charge in [0.15, 0.2) is 0 Å². The van der Waals surface area contributed by atoms with Gasteiger partial charge in [0.05, 0.1) is 16.3 Å². The molecule has 0 aliphatic carbocycles. The molecule has 0 bridgehead atoms. The number of aryl methyl sites for hydroxylation is 1. The second-order valence-electron chi connectivity index (χ2n) is 8.94. The van der Waals surface area contributed by atoms with E-state index in [0.717, 1.165) is 22.4 Å². The smallest absolute Gasteiger partial charge is 0.263 e. The monoisotopic (exact) mass is 534 g/mol. The van der Waals surface area contributed by atoms with Gasteiger partial charge in [0, 0.05) is 36.3 Å². The van der Waals surface area contributed by atoms with Crippen LogP contribution in [0.25, 0.3) is 23.0 Å². The van der Waals surface area contributed by atoms with Gasteiger partial charge in [-0.2, -0.15) is 5.10 Å². The van der Waals surface area contributed by atoms with Crippen molar-refractivity contribution in [2.24, 2.45) is 0 Å². The first-order valence-electron chi connectivity index (χ1n) is 12.3. The van der Waals surface area contributed by atoms with E-state index >= 15 is 0 Å². The second kappa shape index (κ2) is 11.3. The molecule has 0 atom stereocenters. The van der Waals surface area contributed by atoms with Crippen molar-refractivity contribution in [1.29, 1.82) is 0 Å². The zero-order valence-corrected chi connectivity index (χ0v) is 22.0. The summed E-state index contributed by atoms with van der Waals surface area (Å²) in [7, 11) is -4.16. The molecule has 0 saturated heterocycles. The molecule has 0 unspecified atom stereocenters. The number of carbonyl (C=O) groups is 1. The Morgan fingerprint density at radius 1 is 0.872 bits per heavy atom. The summed E-state index contributed by atoms with van der Waals surface area (Å²) in [6.07, 6.45) is 6.38. The molecule has 2 heterocycles. The van der Waals surface area contributed by atoms with Crippen LogP contribution in [0, 0.1) is 6.92 Å². The van der Waals surface area contributed by atoms with Crippen LogP contribution < -0.4 is 5.32 Å². The molecule has 7 nitrogen and oxygen atoms in total. The van der Waals surface area contributed by atoms with E-state index in [0.29, 0.717) is 11.3 Å². The maximum Gasteiger partial charge on any atom is 0.263 e. The molecule has 1 amide bonds. The van der Waals surface area contributed by atoms with Gasteiger partial charge < -0.3 is 5.32 Å². The van der Waals surface area contributed by atoms with E-state index in [-0.39, 0.29) is 16.3 Å².